The van der Waals surface area contributed by atoms with Crippen LogP contribution in [0.5, 0.6) is 0 Å². The summed E-state index contributed by atoms with van der Waals surface area (Å²) in [6.45, 7) is 3.85. The second-order valence-corrected chi connectivity index (χ2v) is 6.32. The van der Waals surface area contributed by atoms with Crippen molar-refractivity contribution >= 4 is 18.6 Å². The van der Waals surface area contributed by atoms with Crippen LogP contribution in [0.3, 0.4) is 0 Å². The van der Waals surface area contributed by atoms with Crippen LogP contribution in [0.1, 0.15) is 16.1 Å². The van der Waals surface area contributed by atoms with Crippen molar-refractivity contribution in [3.05, 3.63) is 98.7 Å². The Morgan fingerprint density at radius 2 is 1.83 bits per heavy atom. The molecule has 0 bridgehead atoms. The van der Waals surface area contributed by atoms with E-state index in [1.807, 2.05) is 0 Å². The molecule has 4 rings (SSSR count). The first-order valence-corrected chi connectivity index (χ1v) is 8.64. The van der Waals surface area contributed by atoms with E-state index in [-0.39, 0.29) is 16.3 Å². The first-order valence-electron chi connectivity index (χ1n) is 8.64. The van der Waals surface area contributed by atoms with Gasteiger partial charge in [0.25, 0.3) is 5.56 Å². The average Bonchev–Trinajstić information content (AvgIpc) is 3.28. The Hall–Kier alpha value is -4.13. The Labute approximate surface area is 163 Å². The first-order chi connectivity index (χ1) is 13.9. The number of hydrogen-bond donors (Lipinski definition) is 2. The third-order valence-electron chi connectivity index (χ3n) is 4.43. The van der Waals surface area contributed by atoms with Crippen LogP contribution in [0.25, 0.3) is 29.7 Å². The predicted molar refractivity (Wildman–Crippen MR) is 106 cm³/mol. The number of carboxylic acids is 1. The zero-order valence-corrected chi connectivity index (χ0v) is 15.1. The molecule has 2 N–H and O–H groups in total. The summed E-state index contributed by atoms with van der Waals surface area (Å²) in [5.41, 5.74) is 0.538. The summed E-state index contributed by atoms with van der Waals surface area (Å²) in [7, 11) is 0. The molecule has 29 heavy (non-hydrogen) atoms. The highest BCUT2D eigenvalue weighted by Crippen LogP contribution is 2.24. The van der Waals surface area contributed by atoms with Crippen LogP contribution in [-0.4, -0.2) is 20.9 Å². The van der Waals surface area contributed by atoms with Gasteiger partial charge in [-0.2, -0.15) is 0 Å². The summed E-state index contributed by atoms with van der Waals surface area (Å²) in [6, 6.07) is 15.4. The Kier molecular flexibility index (Phi) is 4.48. The van der Waals surface area contributed by atoms with Crippen molar-refractivity contribution in [3.63, 3.8) is 0 Å². The summed E-state index contributed by atoms with van der Waals surface area (Å²) < 4.78 is 20.9. The number of hydrogen-bond acceptors (Lipinski definition) is 3. The monoisotopic (exact) mass is 390 g/mol. The maximum atomic E-state index is 13.9. The molecule has 0 aliphatic heterocycles. The highest BCUT2D eigenvalue weighted by Gasteiger charge is 2.10. The third kappa shape index (κ3) is 3.41. The lowest BCUT2D eigenvalue weighted by Crippen LogP contribution is -2.33. The zero-order chi connectivity index (χ0) is 20.5. The van der Waals surface area contributed by atoms with E-state index >= 15 is 0 Å². The number of aromatic nitrogens is 2. The van der Waals surface area contributed by atoms with Gasteiger partial charge in [0.1, 0.15) is 17.3 Å². The quantitative estimate of drug-likeness (QED) is 0.560. The van der Waals surface area contributed by atoms with E-state index in [2.05, 4.69) is 11.7 Å². The number of rotatable bonds is 4. The normalized spacial score (nSPS) is 11.7. The van der Waals surface area contributed by atoms with Crippen LogP contribution < -0.4 is 16.1 Å². The minimum absolute atomic E-state index is 0.117. The van der Waals surface area contributed by atoms with Gasteiger partial charge in [0.2, 0.25) is 0 Å². The molecule has 0 aliphatic carbocycles. The molecule has 0 saturated heterocycles. The molecule has 0 unspecified atom stereocenters. The van der Waals surface area contributed by atoms with Gasteiger partial charge in [0, 0.05) is 0 Å². The molecule has 0 spiro atoms. The molecule has 0 saturated carbocycles. The van der Waals surface area contributed by atoms with Crippen molar-refractivity contribution in [3.8, 4) is 17.0 Å². The number of benzene rings is 2. The average molecular weight is 390 g/mol. The third-order valence-corrected chi connectivity index (χ3v) is 4.43. The standard InChI is InChI=1S/C22H15FN2O4/c1-13-18(12-16-10-11-20(29-16)17-4-2-3-5-19(17)23)21(26)25(24-13)15-8-6-14(7-9-15)22(27)28/h2-12,24H,1H2,(H,27,28)/b18-12+. The Morgan fingerprint density at radius 1 is 1.10 bits per heavy atom. The van der Waals surface area contributed by atoms with Crippen LogP contribution in [-0.2, 0) is 0 Å². The largest absolute Gasteiger partial charge is 0.478 e. The number of carboxylic acid groups (broad SMARTS) is 1. The minimum atomic E-state index is -1.05. The van der Waals surface area contributed by atoms with Crippen LogP contribution in [0.15, 0.2) is 69.9 Å². The highest BCUT2D eigenvalue weighted by atomic mass is 19.1. The van der Waals surface area contributed by atoms with Gasteiger partial charge >= 0.3 is 5.97 Å². The second kappa shape index (κ2) is 7.12. The predicted octanol–water partition coefficient (Wildman–Crippen LogP) is 2.50. The number of aromatic amines is 1. The number of nitrogens with zero attached hydrogens (tertiary/aromatic N) is 1. The Morgan fingerprint density at radius 3 is 2.52 bits per heavy atom. The SMILES string of the molecule is C=c1[nH]n(-c2ccc(C(=O)O)cc2)c(=O)/c1=C/c1ccc(-c2ccccc2F)o1. The highest BCUT2D eigenvalue weighted by molar-refractivity contribution is 5.87. The number of furan rings is 1. The molecular weight excluding hydrogens is 375 g/mol. The van der Waals surface area contributed by atoms with Crippen molar-refractivity contribution in [2.75, 3.05) is 0 Å². The van der Waals surface area contributed by atoms with Crippen molar-refractivity contribution in [2.24, 2.45) is 0 Å². The molecule has 7 heteroatoms. The molecule has 144 valence electrons. The molecule has 4 aromatic rings. The van der Waals surface area contributed by atoms with Crippen molar-refractivity contribution in [1.29, 1.82) is 0 Å². The van der Waals surface area contributed by atoms with E-state index < -0.39 is 11.8 Å². The molecule has 0 aliphatic rings. The van der Waals surface area contributed by atoms with Crippen LogP contribution >= 0.6 is 0 Å². The number of nitrogens with one attached hydrogen (secondary N) is 1. The zero-order valence-electron chi connectivity index (χ0n) is 15.1. The summed E-state index contributed by atoms with van der Waals surface area (Å²) in [6.07, 6.45) is 1.52. The van der Waals surface area contributed by atoms with Gasteiger partial charge in [-0.25, -0.2) is 13.9 Å². The Balaban J connectivity index is 1.75. The summed E-state index contributed by atoms with van der Waals surface area (Å²) >= 11 is 0. The molecule has 2 heterocycles. The molecule has 2 aromatic carbocycles. The maximum absolute atomic E-state index is 13.9. The topological polar surface area (TPSA) is 88.2 Å². The summed E-state index contributed by atoms with van der Waals surface area (Å²) in [5.74, 6) is -0.733. The lowest BCUT2D eigenvalue weighted by molar-refractivity contribution is 0.0697. The Bertz CT molecular complexity index is 1380. The smallest absolute Gasteiger partial charge is 0.335 e. The van der Waals surface area contributed by atoms with Gasteiger partial charge in [0.15, 0.2) is 0 Å². The van der Waals surface area contributed by atoms with Gasteiger partial charge < -0.3 is 9.52 Å². The van der Waals surface area contributed by atoms with Gasteiger partial charge in [-0.05, 0) is 54.6 Å². The van der Waals surface area contributed by atoms with Gasteiger partial charge in [-0.3, -0.25) is 9.89 Å². The van der Waals surface area contributed by atoms with E-state index in [4.69, 9.17) is 9.52 Å². The molecule has 0 radical (unpaired) electrons. The molecule has 0 fully saturated rings. The molecule has 0 amide bonds. The van der Waals surface area contributed by atoms with Crippen molar-refractivity contribution in [1.82, 2.24) is 9.78 Å². The lowest BCUT2D eigenvalue weighted by Gasteiger charge is -2.01. The fraction of sp³-hybridized carbons (Fsp3) is 0. The van der Waals surface area contributed by atoms with Crippen LogP contribution in [0, 0.1) is 5.82 Å². The summed E-state index contributed by atoms with van der Waals surface area (Å²) in [5, 5.41) is 12.5. The first kappa shape index (κ1) is 18.2. The number of carbonyl (C=O) groups is 1. The van der Waals surface area contributed by atoms with Crippen molar-refractivity contribution < 1.29 is 18.7 Å². The van der Waals surface area contributed by atoms with Gasteiger partial charge in [0.05, 0.1) is 27.4 Å². The number of H-pyrrole nitrogens is 1. The second-order valence-electron chi connectivity index (χ2n) is 6.32. The van der Waals surface area contributed by atoms with Gasteiger partial charge in [-0.1, -0.05) is 18.7 Å². The molecule has 6 nitrogen and oxygen atoms in total. The van der Waals surface area contributed by atoms with E-state index in [1.54, 1.807) is 30.3 Å². The summed E-state index contributed by atoms with van der Waals surface area (Å²) in [4.78, 5) is 23.8. The fourth-order valence-corrected chi connectivity index (χ4v) is 2.96. The molecule has 2 aromatic heterocycles. The van der Waals surface area contributed by atoms with E-state index in [0.717, 1.165) is 0 Å². The van der Waals surface area contributed by atoms with Crippen LogP contribution in [0.4, 0.5) is 4.39 Å². The van der Waals surface area contributed by atoms with E-state index in [1.165, 1.54) is 41.1 Å². The van der Waals surface area contributed by atoms with Crippen LogP contribution in [0.2, 0.25) is 0 Å². The van der Waals surface area contributed by atoms with E-state index in [9.17, 15) is 14.0 Å². The number of halogens is 1. The van der Waals surface area contributed by atoms with Gasteiger partial charge in [-0.15, -0.1) is 0 Å². The van der Waals surface area contributed by atoms with Crippen molar-refractivity contribution in [2.45, 2.75) is 0 Å². The maximum Gasteiger partial charge on any atom is 0.335 e. The molecule has 0 atom stereocenters. The minimum Gasteiger partial charge on any atom is -0.478 e. The van der Waals surface area contributed by atoms with E-state index in [0.29, 0.717) is 28.1 Å². The number of aromatic carboxylic acids is 1. The fourth-order valence-electron chi connectivity index (χ4n) is 2.96. The lowest BCUT2D eigenvalue weighted by atomic mass is 10.1. The molecular formula is C22H15FN2O4.